The maximum atomic E-state index is 11.9. The number of rotatable bonds is 5. The van der Waals surface area contributed by atoms with Crippen molar-refractivity contribution in [2.24, 2.45) is 7.05 Å². The van der Waals surface area contributed by atoms with E-state index in [4.69, 9.17) is 0 Å². The first kappa shape index (κ1) is 13.5. The molecule has 1 atom stereocenters. The van der Waals surface area contributed by atoms with Gasteiger partial charge in [-0.15, -0.1) is 0 Å². The van der Waals surface area contributed by atoms with E-state index in [0.717, 1.165) is 19.4 Å². The molecular formula is C12H18N4O3. The Labute approximate surface area is 111 Å². The van der Waals surface area contributed by atoms with E-state index in [1.807, 2.05) is 0 Å². The number of nitro groups is 1. The summed E-state index contributed by atoms with van der Waals surface area (Å²) in [5, 5.41) is 16.8. The van der Waals surface area contributed by atoms with Crippen molar-refractivity contribution < 1.29 is 9.72 Å². The zero-order chi connectivity index (χ0) is 13.8. The fraction of sp³-hybridized carbons (Fsp3) is 0.583. The molecule has 19 heavy (non-hydrogen) atoms. The lowest BCUT2D eigenvalue weighted by atomic mass is 10.1. The molecule has 2 N–H and O–H groups in total. The largest absolute Gasteiger partial charge is 0.358 e. The van der Waals surface area contributed by atoms with Crippen LogP contribution in [0.1, 0.15) is 29.8 Å². The Balaban J connectivity index is 1.87. The molecular weight excluding hydrogens is 248 g/mol. The van der Waals surface area contributed by atoms with Crippen LogP contribution in [0.3, 0.4) is 0 Å². The fourth-order valence-electron chi connectivity index (χ4n) is 2.37. The SMILES string of the molecule is Cn1c(C(=O)NCC[C@H]2CCCN2)ccc1[N+](=O)[O-]. The van der Waals surface area contributed by atoms with Gasteiger partial charge in [-0.3, -0.25) is 4.79 Å². The van der Waals surface area contributed by atoms with Gasteiger partial charge in [-0.05, 0) is 36.8 Å². The Kier molecular flexibility index (Phi) is 4.16. The highest BCUT2D eigenvalue weighted by Gasteiger charge is 2.20. The topological polar surface area (TPSA) is 89.2 Å². The van der Waals surface area contributed by atoms with Crippen molar-refractivity contribution in [2.75, 3.05) is 13.1 Å². The Hall–Kier alpha value is -1.89. The zero-order valence-corrected chi connectivity index (χ0v) is 10.9. The summed E-state index contributed by atoms with van der Waals surface area (Å²) in [6.45, 7) is 1.62. The molecule has 1 aliphatic rings. The Bertz CT molecular complexity index is 477. The first-order chi connectivity index (χ1) is 9.09. The third kappa shape index (κ3) is 3.11. The van der Waals surface area contributed by atoms with Crippen LogP contribution in [0.5, 0.6) is 0 Å². The second-order valence-electron chi connectivity index (χ2n) is 4.73. The third-order valence-corrected chi connectivity index (χ3v) is 3.46. The first-order valence-corrected chi connectivity index (χ1v) is 6.41. The third-order valence-electron chi connectivity index (χ3n) is 3.46. The summed E-state index contributed by atoms with van der Waals surface area (Å²) in [6.07, 6.45) is 3.21. The summed E-state index contributed by atoms with van der Waals surface area (Å²) in [5.41, 5.74) is 0.311. The van der Waals surface area contributed by atoms with E-state index in [1.165, 1.54) is 30.2 Å². The van der Waals surface area contributed by atoms with Crippen LogP contribution >= 0.6 is 0 Å². The van der Waals surface area contributed by atoms with Gasteiger partial charge in [0.05, 0.1) is 7.05 Å². The Morgan fingerprint density at radius 2 is 2.42 bits per heavy atom. The molecule has 0 aliphatic carbocycles. The molecule has 0 radical (unpaired) electrons. The van der Waals surface area contributed by atoms with Gasteiger partial charge in [-0.2, -0.15) is 0 Å². The summed E-state index contributed by atoms with van der Waals surface area (Å²) in [7, 11) is 1.52. The maximum Gasteiger partial charge on any atom is 0.323 e. The van der Waals surface area contributed by atoms with Crippen LogP contribution in [0, 0.1) is 10.1 Å². The minimum absolute atomic E-state index is 0.0809. The second-order valence-corrected chi connectivity index (χ2v) is 4.73. The van der Waals surface area contributed by atoms with Crippen LogP contribution in [-0.2, 0) is 7.05 Å². The van der Waals surface area contributed by atoms with Crippen LogP contribution in [0.4, 0.5) is 5.82 Å². The quantitative estimate of drug-likeness (QED) is 0.609. The molecule has 0 aromatic carbocycles. The minimum Gasteiger partial charge on any atom is -0.358 e. The van der Waals surface area contributed by atoms with Crippen LogP contribution in [0.25, 0.3) is 0 Å². The van der Waals surface area contributed by atoms with Crippen molar-refractivity contribution in [3.63, 3.8) is 0 Å². The van der Waals surface area contributed by atoms with Gasteiger partial charge in [0, 0.05) is 18.7 Å². The van der Waals surface area contributed by atoms with E-state index in [0.29, 0.717) is 18.3 Å². The van der Waals surface area contributed by atoms with E-state index in [1.54, 1.807) is 0 Å². The summed E-state index contributed by atoms with van der Waals surface area (Å²) in [6, 6.07) is 3.29. The van der Waals surface area contributed by atoms with Gasteiger partial charge in [0.25, 0.3) is 5.91 Å². The van der Waals surface area contributed by atoms with Gasteiger partial charge in [0.15, 0.2) is 5.69 Å². The first-order valence-electron chi connectivity index (χ1n) is 6.41. The zero-order valence-electron chi connectivity index (χ0n) is 10.9. The van der Waals surface area contributed by atoms with Crippen molar-refractivity contribution in [1.29, 1.82) is 0 Å². The van der Waals surface area contributed by atoms with Crippen molar-refractivity contribution in [2.45, 2.75) is 25.3 Å². The molecule has 0 unspecified atom stereocenters. The molecule has 0 bridgehead atoms. The molecule has 2 heterocycles. The molecule has 1 amide bonds. The summed E-state index contributed by atoms with van der Waals surface area (Å²) in [5.74, 6) is -0.351. The molecule has 0 saturated carbocycles. The molecule has 7 heteroatoms. The molecule has 1 saturated heterocycles. The fourth-order valence-corrected chi connectivity index (χ4v) is 2.37. The molecule has 104 valence electrons. The lowest BCUT2D eigenvalue weighted by Crippen LogP contribution is -2.31. The highest BCUT2D eigenvalue weighted by atomic mass is 16.6. The second kappa shape index (κ2) is 5.83. The van der Waals surface area contributed by atoms with Crippen molar-refractivity contribution in [3.05, 3.63) is 27.9 Å². The lowest BCUT2D eigenvalue weighted by Gasteiger charge is -2.10. The van der Waals surface area contributed by atoms with Crippen LogP contribution in [-0.4, -0.2) is 34.5 Å². The number of nitrogens with zero attached hydrogens (tertiary/aromatic N) is 2. The average molecular weight is 266 g/mol. The Morgan fingerprint density at radius 3 is 3.00 bits per heavy atom. The Morgan fingerprint density at radius 1 is 1.63 bits per heavy atom. The monoisotopic (exact) mass is 266 g/mol. The van der Waals surface area contributed by atoms with E-state index in [9.17, 15) is 14.9 Å². The molecule has 2 rings (SSSR count). The standard InChI is InChI=1S/C12H18N4O3/c1-15-10(4-5-11(15)16(18)19)12(17)14-8-6-9-3-2-7-13-9/h4-5,9,13H,2-3,6-8H2,1H3,(H,14,17)/t9-/m1/s1. The molecule has 7 nitrogen and oxygen atoms in total. The highest BCUT2D eigenvalue weighted by molar-refractivity contribution is 5.93. The lowest BCUT2D eigenvalue weighted by molar-refractivity contribution is -0.391. The van der Waals surface area contributed by atoms with E-state index in [-0.39, 0.29) is 11.7 Å². The molecule has 1 aliphatic heterocycles. The van der Waals surface area contributed by atoms with Gasteiger partial charge < -0.3 is 20.7 Å². The smallest absolute Gasteiger partial charge is 0.323 e. The van der Waals surface area contributed by atoms with Crippen molar-refractivity contribution in [1.82, 2.24) is 15.2 Å². The van der Waals surface area contributed by atoms with E-state index >= 15 is 0 Å². The van der Waals surface area contributed by atoms with Crippen LogP contribution < -0.4 is 10.6 Å². The maximum absolute atomic E-state index is 11.9. The van der Waals surface area contributed by atoms with Gasteiger partial charge in [-0.25, -0.2) is 4.57 Å². The molecule has 1 aromatic heterocycles. The van der Waals surface area contributed by atoms with Crippen molar-refractivity contribution in [3.8, 4) is 0 Å². The average Bonchev–Trinajstić information content (AvgIpc) is 2.98. The number of hydrogen-bond donors (Lipinski definition) is 2. The molecule has 0 spiro atoms. The van der Waals surface area contributed by atoms with E-state index in [2.05, 4.69) is 10.6 Å². The van der Waals surface area contributed by atoms with E-state index < -0.39 is 4.92 Å². The normalized spacial score (nSPS) is 18.5. The number of carbonyl (C=O) groups excluding carboxylic acids is 1. The van der Waals surface area contributed by atoms with Gasteiger partial charge in [0.2, 0.25) is 0 Å². The predicted molar refractivity (Wildman–Crippen MR) is 70.0 cm³/mol. The van der Waals surface area contributed by atoms with Crippen LogP contribution in [0.2, 0.25) is 0 Å². The number of hydrogen-bond acceptors (Lipinski definition) is 4. The van der Waals surface area contributed by atoms with Gasteiger partial charge in [0.1, 0.15) is 0 Å². The van der Waals surface area contributed by atoms with Crippen LogP contribution in [0.15, 0.2) is 12.1 Å². The number of aromatic nitrogens is 1. The van der Waals surface area contributed by atoms with Gasteiger partial charge >= 0.3 is 5.82 Å². The minimum atomic E-state index is -0.501. The number of amides is 1. The summed E-state index contributed by atoms with van der Waals surface area (Å²) < 4.78 is 1.29. The summed E-state index contributed by atoms with van der Waals surface area (Å²) in [4.78, 5) is 22.1. The number of nitrogens with one attached hydrogen (secondary N) is 2. The summed E-state index contributed by atoms with van der Waals surface area (Å²) >= 11 is 0. The highest BCUT2D eigenvalue weighted by Crippen LogP contribution is 2.15. The predicted octanol–water partition coefficient (Wildman–Crippen LogP) is 0.805. The molecule has 1 aromatic rings. The number of carbonyl (C=O) groups is 1. The van der Waals surface area contributed by atoms with Crippen molar-refractivity contribution >= 4 is 11.7 Å². The van der Waals surface area contributed by atoms with Gasteiger partial charge in [-0.1, -0.05) is 0 Å². The molecule has 1 fully saturated rings.